The Morgan fingerprint density at radius 2 is 1.77 bits per heavy atom. The maximum Gasteiger partial charge on any atom is 0.240 e. The molecule has 2 aliphatic carbocycles. The molecule has 6 nitrogen and oxygen atoms in total. The van der Waals surface area contributed by atoms with Gasteiger partial charge in [0.25, 0.3) is 0 Å². The molecule has 1 N–H and O–H groups in total. The summed E-state index contributed by atoms with van der Waals surface area (Å²) in [6, 6.07) is 14.2. The Bertz CT molecular complexity index is 1160. The maximum atomic E-state index is 13.1. The molecule has 3 aliphatic rings. The molecule has 1 saturated heterocycles. The molecule has 0 bridgehead atoms. The number of halogens is 1. The average molecular weight is 517 g/mol. The number of benzene rings is 2. The summed E-state index contributed by atoms with van der Waals surface area (Å²) in [6.45, 7) is 1.19. The van der Waals surface area contributed by atoms with Crippen LogP contribution in [0.3, 0.4) is 0 Å². The Hall–Kier alpha value is -2.09. The largest absolute Gasteiger partial charge is 0.492 e. The number of nitrogens with one attached hydrogen (secondary N) is 1. The summed E-state index contributed by atoms with van der Waals surface area (Å²) in [6.07, 6.45) is 9.19. The van der Waals surface area contributed by atoms with E-state index in [4.69, 9.17) is 16.3 Å². The van der Waals surface area contributed by atoms with E-state index in [0.717, 1.165) is 31.4 Å². The van der Waals surface area contributed by atoms with Gasteiger partial charge < -0.3 is 9.64 Å². The van der Waals surface area contributed by atoms with Crippen LogP contribution in [0.1, 0.15) is 50.5 Å². The molecule has 1 heterocycles. The van der Waals surface area contributed by atoms with E-state index in [1.54, 1.807) is 36.4 Å². The summed E-state index contributed by atoms with van der Waals surface area (Å²) in [5.41, 5.74) is 1.59. The molecule has 3 fully saturated rings. The Balaban J connectivity index is 1.10. The topological polar surface area (TPSA) is 75.7 Å². The molecule has 1 unspecified atom stereocenters. The molecule has 1 amide bonds. The molecule has 1 spiro atoms. The number of nitrogens with zero attached hydrogens (tertiary/aromatic N) is 1. The lowest BCUT2D eigenvalue weighted by atomic mass is 9.83. The average Bonchev–Trinajstić information content (AvgIpc) is 3.52. The minimum absolute atomic E-state index is 0.0107. The lowest BCUT2D eigenvalue weighted by Gasteiger charge is -2.35. The van der Waals surface area contributed by atoms with Crippen LogP contribution in [0.4, 0.5) is 0 Å². The van der Waals surface area contributed by atoms with Crippen LogP contribution in [-0.4, -0.2) is 45.0 Å². The van der Waals surface area contributed by atoms with E-state index in [9.17, 15) is 13.2 Å². The van der Waals surface area contributed by atoms with E-state index < -0.39 is 10.0 Å². The summed E-state index contributed by atoms with van der Waals surface area (Å²) in [7, 11) is -3.56. The highest BCUT2D eigenvalue weighted by atomic mass is 35.5. The number of hydrogen-bond donors (Lipinski definition) is 1. The van der Waals surface area contributed by atoms with Crippen LogP contribution in [0.15, 0.2) is 53.4 Å². The highest BCUT2D eigenvalue weighted by Crippen LogP contribution is 2.56. The van der Waals surface area contributed by atoms with E-state index in [0.29, 0.717) is 28.6 Å². The van der Waals surface area contributed by atoms with Crippen molar-refractivity contribution < 1.29 is 17.9 Å². The van der Waals surface area contributed by atoms with Crippen molar-refractivity contribution in [2.24, 2.45) is 11.3 Å². The summed E-state index contributed by atoms with van der Waals surface area (Å²) in [5, 5.41) is 0.576. The van der Waals surface area contributed by atoms with Crippen molar-refractivity contribution >= 4 is 27.5 Å². The first-order chi connectivity index (χ1) is 16.9. The standard InChI is InChI=1S/C27H33ClN2O4S/c28-25-19-23(34-17-15-29-35(32,33)24-4-2-1-3-5-24)7-6-20(25)18-21-10-16-30(26(21)31)22-8-11-27(12-9-22)13-14-27/h1-7,19,21-22,29H,8-18H2. The summed E-state index contributed by atoms with van der Waals surface area (Å²) in [4.78, 5) is 15.5. The fraction of sp³-hybridized carbons (Fsp3) is 0.519. The second-order valence-corrected chi connectivity index (χ2v) is 12.4. The molecule has 0 aromatic heterocycles. The van der Waals surface area contributed by atoms with Crippen LogP contribution in [0, 0.1) is 11.3 Å². The summed E-state index contributed by atoms with van der Waals surface area (Å²) < 4.78 is 32.8. The zero-order chi connectivity index (χ0) is 24.5. The van der Waals surface area contributed by atoms with Gasteiger partial charge in [-0.3, -0.25) is 4.79 Å². The monoisotopic (exact) mass is 516 g/mol. The second kappa shape index (κ2) is 10.1. The van der Waals surface area contributed by atoms with Crippen molar-refractivity contribution in [3.63, 3.8) is 0 Å². The quantitative estimate of drug-likeness (QED) is 0.485. The number of sulfonamides is 1. The van der Waals surface area contributed by atoms with Crippen molar-refractivity contribution in [3.8, 4) is 5.75 Å². The third-order valence-electron chi connectivity index (χ3n) is 7.97. The number of carbonyl (C=O) groups excluding carboxylic acids is 1. The van der Waals surface area contributed by atoms with Gasteiger partial charge in [0.05, 0.1) is 4.90 Å². The molecule has 5 rings (SSSR count). The van der Waals surface area contributed by atoms with Gasteiger partial charge in [0.2, 0.25) is 15.9 Å². The molecule has 35 heavy (non-hydrogen) atoms. The highest BCUT2D eigenvalue weighted by molar-refractivity contribution is 7.89. The first-order valence-corrected chi connectivity index (χ1v) is 14.5. The zero-order valence-electron chi connectivity index (χ0n) is 19.9. The second-order valence-electron chi connectivity index (χ2n) is 10.3. The van der Waals surface area contributed by atoms with Gasteiger partial charge in [0.1, 0.15) is 12.4 Å². The van der Waals surface area contributed by atoms with E-state index in [2.05, 4.69) is 9.62 Å². The molecule has 2 aromatic carbocycles. The third-order valence-corrected chi connectivity index (χ3v) is 9.80. The molecule has 1 aliphatic heterocycles. The van der Waals surface area contributed by atoms with Gasteiger partial charge in [0, 0.05) is 30.1 Å². The smallest absolute Gasteiger partial charge is 0.240 e. The normalized spacial score (nSPS) is 22.0. The fourth-order valence-corrected chi connectivity index (χ4v) is 6.88. The van der Waals surface area contributed by atoms with Gasteiger partial charge in [-0.25, -0.2) is 13.1 Å². The number of carbonyl (C=O) groups is 1. The van der Waals surface area contributed by atoms with E-state index >= 15 is 0 Å². The van der Waals surface area contributed by atoms with Crippen LogP contribution in [0.25, 0.3) is 0 Å². The minimum Gasteiger partial charge on any atom is -0.492 e. The minimum atomic E-state index is -3.56. The third kappa shape index (κ3) is 5.68. The molecule has 2 aromatic rings. The van der Waals surface area contributed by atoms with E-state index in [1.165, 1.54) is 25.7 Å². The summed E-state index contributed by atoms with van der Waals surface area (Å²) in [5.74, 6) is 0.848. The first-order valence-electron chi connectivity index (χ1n) is 12.6. The molecular weight excluding hydrogens is 484 g/mol. The van der Waals surface area contributed by atoms with Gasteiger partial charge in [-0.2, -0.15) is 0 Å². The Morgan fingerprint density at radius 1 is 1.03 bits per heavy atom. The van der Waals surface area contributed by atoms with Crippen molar-refractivity contribution in [2.75, 3.05) is 19.7 Å². The lowest BCUT2D eigenvalue weighted by Crippen LogP contribution is -2.40. The molecule has 8 heteroatoms. The van der Waals surface area contributed by atoms with Crippen LogP contribution >= 0.6 is 11.6 Å². The van der Waals surface area contributed by atoms with E-state index in [-0.39, 0.29) is 29.9 Å². The zero-order valence-corrected chi connectivity index (χ0v) is 21.5. The number of amides is 1. The molecular formula is C27H33ClN2O4S. The van der Waals surface area contributed by atoms with Crippen molar-refractivity contribution in [3.05, 3.63) is 59.1 Å². The van der Waals surface area contributed by atoms with Crippen LogP contribution in [0.5, 0.6) is 5.75 Å². The van der Waals surface area contributed by atoms with Gasteiger partial charge in [-0.1, -0.05) is 35.9 Å². The van der Waals surface area contributed by atoms with Crippen molar-refractivity contribution in [2.45, 2.75) is 62.3 Å². The Morgan fingerprint density at radius 3 is 2.46 bits per heavy atom. The molecule has 2 saturated carbocycles. The van der Waals surface area contributed by atoms with Crippen LogP contribution in [0.2, 0.25) is 5.02 Å². The number of hydrogen-bond acceptors (Lipinski definition) is 4. The predicted molar refractivity (Wildman–Crippen MR) is 136 cm³/mol. The molecule has 188 valence electrons. The van der Waals surface area contributed by atoms with Crippen LogP contribution in [-0.2, 0) is 21.2 Å². The van der Waals surface area contributed by atoms with Crippen molar-refractivity contribution in [1.82, 2.24) is 9.62 Å². The first kappa shape index (κ1) is 24.6. The fourth-order valence-electron chi connectivity index (χ4n) is 5.60. The molecule has 0 radical (unpaired) electrons. The number of likely N-dealkylation sites (tertiary alicyclic amines) is 1. The predicted octanol–water partition coefficient (Wildman–Crippen LogP) is 4.81. The van der Waals surface area contributed by atoms with Gasteiger partial charge in [-0.15, -0.1) is 0 Å². The Kier molecular flexibility index (Phi) is 7.11. The summed E-state index contributed by atoms with van der Waals surface area (Å²) >= 11 is 6.53. The van der Waals surface area contributed by atoms with Gasteiger partial charge in [0.15, 0.2) is 0 Å². The van der Waals surface area contributed by atoms with Crippen molar-refractivity contribution in [1.29, 1.82) is 0 Å². The van der Waals surface area contributed by atoms with Gasteiger partial charge >= 0.3 is 0 Å². The van der Waals surface area contributed by atoms with E-state index in [1.807, 2.05) is 12.1 Å². The highest BCUT2D eigenvalue weighted by Gasteiger charge is 2.47. The van der Waals surface area contributed by atoms with Gasteiger partial charge in [-0.05, 0) is 86.6 Å². The molecule has 1 atom stereocenters. The number of rotatable bonds is 9. The lowest BCUT2D eigenvalue weighted by molar-refractivity contribution is -0.133. The number of ether oxygens (including phenoxy) is 1. The van der Waals surface area contributed by atoms with Crippen LogP contribution < -0.4 is 9.46 Å². The SMILES string of the molecule is O=C1C(Cc2ccc(OCCNS(=O)(=O)c3ccccc3)cc2Cl)CCN1C1CCC2(CC1)CC2. The Labute approximate surface area is 213 Å². The maximum absolute atomic E-state index is 13.1.